The van der Waals surface area contributed by atoms with E-state index in [1.807, 2.05) is 6.92 Å². The van der Waals surface area contributed by atoms with Gasteiger partial charge in [-0.15, -0.1) is 0 Å². The van der Waals surface area contributed by atoms with Gasteiger partial charge in [-0.3, -0.25) is 4.79 Å². The van der Waals surface area contributed by atoms with Gasteiger partial charge in [-0.25, -0.2) is 8.78 Å². The first-order valence-electron chi connectivity index (χ1n) is 5.88. The minimum absolute atomic E-state index is 0.0138. The molecule has 1 aromatic carbocycles. The molecule has 0 atom stereocenters. The highest BCUT2D eigenvalue weighted by Crippen LogP contribution is 2.35. The SMILES string of the molecule is CCCN(c1c(F)cc(C=O)cc1F)C1CC1. The van der Waals surface area contributed by atoms with E-state index in [2.05, 4.69) is 0 Å². The van der Waals surface area contributed by atoms with Gasteiger partial charge in [-0.2, -0.15) is 0 Å². The summed E-state index contributed by atoms with van der Waals surface area (Å²) in [7, 11) is 0. The summed E-state index contributed by atoms with van der Waals surface area (Å²) in [5.41, 5.74) is 0.0518. The minimum Gasteiger partial charge on any atom is -0.364 e. The first-order valence-corrected chi connectivity index (χ1v) is 5.88. The van der Waals surface area contributed by atoms with Crippen molar-refractivity contribution >= 4 is 12.0 Å². The molecule has 1 aromatic rings. The summed E-state index contributed by atoms with van der Waals surface area (Å²) < 4.78 is 27.6. The van der Waals surface area contributed by atoms with E-state index in [-0.39, 0.29) is 17.3 Å². The second kappa shape index (κ2) is 4.82. The third-order valence-electron chi connectivity index (χ3n) is 2.91. The number of rotatable bonds is 5. The van der Waals surface area contributed by atoms with Crippen molar-refractivity contribution in [3.63, 3.8) is 0 Å². The van der Waals surface area contributed by atoms with Crippen LogP contribution in [0, 0.1) is 11.6 Å². The summed E-state index contributed by atoms with van der Waals surface area (Å²) in [6.07, 6.45) is 3.25. The molecule has 1 fully saturated rings. The normalized spacial score (nSPS) is 14.8. The van der Waals surface area contributed by atoms with Crippen LogP contribution in [-0.2, 0) is 0 Å². The fourth-order valence-electron chi connectivity index (χ4n) is 2.03. The fraction of sp³-hybridized carbons (Fsp3) is 0.462. The van der Waals surface area contributed by atoms with Crippen molar-refractivity contribution in [2.24, 2.45) is 0 Å². The molecule has 4 heteroatoms. The Bertz CT molecular complexity index is 406. The number of hydrogen-bond donors (Lipinski definition) is 0. The molecule has 1 saturated carbocycles. The van der Waals surface area contributed by atoms with Crippen LogP contribution in [0.25, 0.3) is 0 Å². The lowest BCUT2D eigenvalue weighted by atomic mass is 10.1. The van der Waals surface area contributed by atoms with Crippen molar-refractivity contribution in [1.82, 2.24) is 0 Å². The van der Waals surface area contributed by atoms with Crippen LogP contribution in [0.1, 0.15) is 36.5 Å². The standard InChI is InChI=1S/C13H15F2NO/c1-2-5-16(10-3-4-10)13-11(14)6-9(8-17)7-12(13)15/h6-8,10H,2-5H2,1H3. The first-order chi connectivity index (χ1) is 8.17. The van der Waals surface area contributed by atoms with E-state index < -0.39 is 11.6 Å². The highest BCUT2D eigenvalue weighted by atomic mass is 19.1. The maximum Gasteiger partial charge on any atom is 0.150 e. The number of nitrogens with zero attached hydrogens (tertiary/aromatic N) is 1. The van der Waals surface area contributed by atoms with Gasteiger partial charge in [0, 0.05) is 18.2 Å². The summed E-state index contributed by atoms with van der Waals surface area (Å²) in [5.74, 6) is -1.29. The van der Waals surface area contributed by atoms with E-state index in [1.54, 1.807) is 4.90 Å². The van der Waals surface area contributed by atoms with Crippen LogP contribution in [0.2, 0.25) is 0 Å². The summed E-state index contributed by atoms with van der Waals surface area (Å²) in [6, 6.07) is 2.44. The van der Waals surface area contributed by atoms with E-state index in [9.17, 15) is 13.6 Å². The van der Waals surface area contributed by atoms with E-state index in [0.717, 1.165) is 31.4 Å². The number of anilines is 1. The highest BCUT2D eigenvalue weighted by molar-refractivity contribution is 5.76. The molecule has 0 bridgehead atoms. The summed E-state index contributed by atoms with van der Waals surface area (Å²) in [5, 5.41) is 0. The second-order valence-electron chi connectivity index (χ2n) is 4.38. The van der Waals surface area contributed by atoms with Gasteiger partial charge in [0.05, 0.1) is 0 Å². The molecule has 17 heavy (non-hydrogen) atoms. The maximum atomic E-state index is 13.8. The Labute approximate surface area is 99.2 Å². The molecule has 0 heterocycles. The van der Waals surface area contributed by atoms with E-state index in [0.29, 0.717) is 12.8 Å². The molecule has 1 aliphatic rings. The van der Waals surface area contributed by atoms with Crippen molar-refractivity contribution in [2.45, 2.75) is 32.2 Å². The van der Waals surface area contributed by atoms with Crippen LogP contribution in [0.3, 0.4) is 0 Å². The quantitative estimate of drug-likeness (QED) is 0.736. The number of aldehydes is 1. The number of carbonyl (C=O) groups excluding carboxylic acids is 1. The lowest BCUT2D eigenvalue weighted by Crippen LogP contribution is -2.28. The van der Waals surface area contributed by atoms with Gasteiger partial charge in [0.2, 0.25) is 0 Å². The number of halogens is 2. The number of carbonyl (C=O) groups is 1. The van der Waals surface area contributed by atoms with Gasteiger partial charge in [-0.1, -0.05) is 6.92 Å². The van der Waals surface area contributed by atoms with Crippen molar-refractivity contribution in [3.8, 4) is 0 Å². The van der Waals surface area contributed by atoms with Crippen molar-refractivity contribution in [1.29, 1.82) is 0 Å². The van der Waals surface area contributed by atoms with Gasteiger partial charge in [0.25, 0.3) is 0 Å². The van der Waals surface area contributed by atoms with Crippen LogP contribution >= 0.6 is 0 Å². The van der Waals surface area contributed by atoms with Crippen LogP contribution in [0.5, 0.6) is 0 Å². The Balaban J connectivity index is 2.38. The van der Waals surface area contributed by atoms with E-state index in [1.165, 1.54) is 0 Å². The Morgan fingerprint density at radius 3 is 2.35 bits per heavy atom. The number of benzene rings is 1. The third kappa shape index (κ3) is 2.46. The average Bonchev–Trinajstić information content (AvgIpc) is 3.10. The molecule has 2 nitrogen and oxygen atoms in total. The molecule has 0 N–H and O–H groups in total. The monoisotopic (exact) mass is 239 g/mol. The summed E-state index contributed by atoms with van der Waals surface area (Å²) >= 11 is 0. The van der Waals surface area contributed by atoms with Crippen molar-refractivity contribution in [2.75, 3.05) is 11.4 Å². The molecule has 0 unspecified atom stereocenters. The maximum absolute atomic E-state index is 13.8. The second-order valence-corrected chi connectivity index (χ2v) is 4.38. The summed E-state index contributed by atoms with van der Waals surface area (Å²) in [6.45, 7) is 2.62. The lowest BCUT2D eigenvalue weighted by Gasteiger charge is -2.25. The van der Waals surface area contributed by atoms with Crippen molar-refractivity contribution in [3.05, 3.63) is 29.3 Å². The molecular formula is C13H15F2NO. The third-order valence-corrected chi connectivity index (χ3v) is 2.91. The zero-order valence-corrected chi connectivity index (χ0v) is 9.75. The van der Waals surface area contributed by atoms with E-state index in [4.69, 9.17) is 0 Å². The molecule has 1 aliphatic carbocycles. The van der Waals surface area contributed by atoms with Gasteiger partial charge >= 0.3 is 0 Å². The van der Waals surface area contributed by atoms with Crippen LogP contribution in [-0.4, -0.2) is 18.9 Å². The Kier molecular flexibility index (Phi) is 3.41. The molecule has 0 amide bonds. The van der Waals surface area contributed by atoms with Crippen LogP contribution < -0.4 is 4.90 Å². The molecule has 92 valence electrons. The predicted octanol–water partition coefficient (Wildman–Crippen LogP) is 3.16. The molecule has 0 spiro atoms. The van der Waals surface area contributed by atoms with Crippen LogP contribution in [0.4, 0.5) is 14.5 Å². The van der Waals surface area contributed by atoms with Crippen LogP contribution in [0.15, 0.2) is 12.1 Å². The zero-order chi connectivity index (χ0) is 12.4. The molecule has 0 aromatic heterocycles. The van der Waals surface area contributed by atoms with Gasteiger partial charge in [0.1, 0.15) is 23.6 Å². The molecule has 2 rings (SSSR count). The Morgan fingerprint density at radius 2 is 1.94 bits per heavy atom. The minimum atomic E-state index is -0.646. The first kappa shape index (κ1) is 12.0. The summed E-state index contributed by atoms with van der Waals surface area (Å²) in [4.78, 5) is 12.3. The van der Waals surface area contributed by atoms with Crippen molar-refractivity contribution < 1.29 is 13.6 Å². The van der Waals surface area contributed by atoms with E-state index >= 15 is 0 Å². The van der Waals surface area contributed by atoms with Gasteiger partial charge in [0.15, 0.2) is 0 Å². The number of hydrogen-bond acceptors (Lipinski definition) is 2. The average molecular weight is 239 g/mol. The Hall–Kier alpha value is -1.45. The predicted molar refractivity (Wildman–Crippen MR) is 62.4 cm³/mol. The van der Waals surface area contributed by atoms with Gasteiger partial charge in [-0.05, 0) is 31.4 Å². The lowest BCUT2D eigenvalue weighted by molar-refractivity contribution is 0.112. The molecular weight excluding hydrogens is 224 g/mol. The van der Waals surface area contributed by atoms with Gasteiger partial charge < -0.3 is 4.90 Å². The molecule has 0 radical (unpaired) electrons. The molecule has 0 saturated heterocycles. The largest absolute Gasteiger partial charge is 0.364 e. The zero-order valence-electron chi connectivity index (χ0n) is 9.75. The molecule has 0 aliphatic heterocycles. The topological polar surface area (TPSA) is 20.3 Å². The smallest absolute Gasteiger partial charge is 0.150 e. The Morgan fingerprint density at radius 1 is 1.35 bits per heavy atom. The fourth-order valence-corrected chi connectivity index (χ4v) is 2.03. The highest BCUT2D eigenvalue weighted by Gasteiger charge is 2.32.